The Kier molecular flexibility index (Phi) is 6.54. The van der Waals surface area contributed by atoms with Crippen molar-refractivity contribution < 1.29 is 14.1 Å². The second-order valence-electron chi connectivity index (χ2n) is 7.16. The standard InChI is InChI=1S/C22H24ClN3O3/c1-14(2)26(22(27)16(4)28-19-7-5-6-15(3)12-19)13-20-24-21(25-29-20)17-8-10-18(23)11-9-17/h5-12,14,16H,13H2,1-4H3. The first-order valence-corrected chi connectivity index (χ1v) is 9.83. The molecular weight excluding hydrogens is 390 g/mol. The SMILES string of the molecule is Cc1cccc(OC(C)C(=O)N(Cc2nc(-c3ccc(Cl)cc3)no2)C(C)C)c1. The van der Waals surface area contributed by atoms with Crippen molar-refractivity contribution in [3.63, 3.8) is 0 Å². The van der Waals surface area contributed by atoms with Crippen LogP contribution in [0.2, 0.25) is 5.02 Å². The van der Waals surface area contributed by atoms with Gasteiger partial charge in [0.2, 0.25) is 11.7 Å². The highest BCUT2D eigenvalue weighted by molar-refractivity contribution is 6.30. The molecule has 0 aliphatic carbocycles. The molecule has 29 heavy (non-hydrogen) atoms. The van der Waals surface area contributed by atoms with E-state index >= 15 is 0 Å². The molecule has 0 aliphatic rings. The maximum atomic E-state index is 13.0. The zero-order chi connectivity index (χ0) is 21.0. The lowest BCUT2D eigenvalue weighted by molar-refractivity contribution is -0.140. The van der Waals surface area contributed by atoms with Crippen molar-refractivity contribution in [2.24, 2.45) is 0 Å². The number of rotatable bonds is 7. The number of carbonyl (C=O) groups is 1. The summed E-state index contributed by atoms with van der Waals surface area (Å²) in [6, 6.07) is 14.7. The lowest BCUT2D eigenvalue weighted by Crippen LogP contribution is -2.43. The van der Waals surface area contributed by atoms with Crippen molar-refractivity contribution in [3.8, 4) is 17.1 Å². The molecular formula is C22H24ClN3O3. The number of aromatic nitrogens is 2. The third-order valence-electron chi connectivity index (χ3n) is 4.43. The van der Waals surface area contributed by atoms with Crippen LogP contribution in [0.4, 0.5) is 0 Å². The summed E-state index contributed by atoms with van der Waals surface area (Å²) in [5.41, 5.74) is 1.87. The Morgan fingerprint density at radius 3 is 2.55 bits per heavy atom. The van der Waals surface area contributed by atoms with E-state index in [2.05, 4.69) is 10.1 Å². The quantitative estimate of drug-likeness (QED) is 0.550. The summed E-state index contributed by atoms with van der Waals surface area (Å²) >= 11 is 5.92. The van der Waals surface area contributed by atoms with Crippen LogP contribution >= 0.6 is 11.6 Å². The molecule has 1 amide bonds. The van der Waals surface area contributed by atoms with Crippen molar-refractivity contribution in [2.75, 3.05) is 0 Å². The third kappa shape index (κ3) is 5.35. The van der Waals surface area contributed by atoms with E-state index in [1.54, 1.807) is 24.0 Å². The summed E-state index contributed by atoms with van der Waals surface area (Å²) in [5.74, 6) is 1.33. The Bertz CT molecular complexity index is 969. The summed E-state index contributed by atoms with van der Waals surface area (Å²) < 4.78 is 11.2. The fraction of sp³-hybridized carbons (Fsp3) is 0.318. The Morgan fingerprint density at radius 1 is 1.17 bits per heavy atom. The smallest absolute Gasteiger partial charge is 0.264 e. The Hall–Kier alpha value is -2.86. The van der Waals surface area contributed by atoms with Crippen LogP contribution in [-0.2, 0) is 11.3 Å². The average Bonchev–Trinajstić information content (AvgIpc) is 3.14. The van der Waals surface area contributed by atoms with Crippen molar-refractivity contribution in [1.29, 1.82) is 0 Å². The van der Waals surface area contributed by atoms with Gasteiger partial charge in [-0.15, -0.1) is 0 Å². The van der Waals surface area contributed by atoms with E-state index in [4.69, 9.17) is 20.9 Å². The van der Waals surface area contributed by atoms with E-state index in [0.717, 1.165) is 11.1 Å². The van der Waals surface area contributed by atoms with E-state index < -0.39 is 6.10 Å². The number of aryl methyl sites for hydroxylation is 1. The van der Waals surface area contributed by atoms with Gasteiger partial charge in [0.15, 0.2) is 6.10 Å². The van der Waals surface area contributed by atoms with E-state index in [1.165, 1.54) is 0 Å². The minimum atomic E-state index is -0.641. The van der Waals surface area contributed by atoms with Crippen LogP contribution in [0.15, 0.2) is 53.1 Å². The predicted octanol–water partition coefficient (Wildman–Crippen LogP) is 4.90. The first kappa shape index (κ1) is 20.9. The van der Waals surface area contributed by atoms with Crippen LogP contribution in [-0.4, -0.2) is 33.1 Å². The zero-order valence-corrected chi connectivity index (χ0v) is 17.7. The maximum absolute atomic E-state index is 13.0. The van der Waals surface area contributed by atoms with Gasteiger partial charge < -0.3 is 14.2 Å². The molecule has 6 nitrogen and oxygen atoms in total. The molecule has 3 rings (SSSR count). The van der Waals surface area contributed by atoms with Gasteiger partial charge in [0, 0.05) is 16.6 Å². The number of halogens is 1. The van der Waals surface area contributed by atoms with Crippen LogP contribution in [0.25, 0.3) is 11.4 Å². The molecule has 7 heteroatoms. The lowest BCUT2D eigenvalue weighted by Gasteiger charge is -2.28. The molecule has 0 bridgehead atoms. The van der Waals surface area contributed by atoms with Gasteiger partial charge in [-0.2, -0.15) is 4.98 Å². The number of hydrogen-bond donors (Lipinski definition) is 0. The molecule has 1 atom stereocenters. The maximum Gasteiger partial charge on any atom is 0.264 e. The van der Waals surface area contributed by atoms with Crippen molar-refractivity contribution in [3.05, 3.63) is 65.0 Å². The largest absolute Gasteiger partial charge is 0.481 e. The van der Waals surface area contributed by atoms with E-state index in [1.807, 2.05) is 57.2 Å². The molecule has 1 aromatic heterocycles. The highest BCUT2D eigenvalue weighted by Gasteiger charge is 2.26. The topological polar surface area (TPSA) is 68.5 Å². The molecule has 1 heterocycles. The predicted molar refractivity (Wildman–Crippen MR) is 112 cm³/mol. The van der Waals surface area contributed by atoms with Gasteiger partial charge in [0.1, 0.15) is 12.3 Å². The van der Waals surface area contributed by atoms with Gasteiger partial charge in [-0.25, -0.2) is 0 Å². The molecule has 0 fully saturated rings. The number of benzene rings is 2. The summed E-state index contributed by atoms with van der Waals surface area (Å²) in [6.45, 7) is 7.81. The van der Waals surface area contributed by atoms with Crippen molar-refractivity contribution in [1.82, 2.24) is 15.0 Å². The van der Waals surface area contributed by atoms with Crippen LogP contribution in [0.3, 0.4) is 0 Å². The van der Waals surface area contributed by atoms with E-state index in [9.17, 15) is 4.79 Å². The number of carbonyl (C=O) groups excluding carboxylic acids is 1. The zero-order valence-electron chi connectivity index (χ0n) is 16.9. The molecule has 0 aliphatic heterocycles. The molecule has 0 spiro atoms. The summed E-state index contributed by atoms with van der Waals surface area (Å²) in [4.78, 5) is 19.1. The van der Waals surface area contributed by atoms with Crippen molar-refractivity contribution in [2.45, 2.75) is 46.4 Å². The Morgan fingerprint density at radius 2 is 1.90 bits per heavy atom. The first-order chi connectivity index (χ1) is 13.8. The fourth-order valence-corrected chi connectivity index (χ4v) is 3.00. The Balaban J connectivity index is 1.71. The second kappa shape index (κ2) is 9.09. The van der Waals surface area contributed by atoms with E-state index in [-0.39, 0.29) is 18.5 Å². The second-order valence-corrected chi connectivity index (χ2v) is 7.59. The van der Waals surface area contributed by atoms with Gasteiger partial charge in [0.05, 0.1) is 0 Å². The van der Waals surface area contributed by atoms with Crippen LogP contribution in [0.5, 0.6) is 5.75 Å². The number of hydrogen-bond acceptors (Lipinski definition) is 5. The van der Waals surface area contributed by atoms with Gasteiger partial charge >= 0.3 is 0 Å². The number of nitrogens with zero attached hydrogens (tertiary/aromatic N) is 3. The molecule has 0 radical (unpaired) electrons. The molecule has 0 N–H and O–H groups in total. The van der Waals surface area contributed by atoms with Gasteiger partial charge in [-0.3, -0.25) is 4.79 Å². The average molecular weight is 414 g/mol. The van der Waals surface area contributed by atoms with Crippen LogP contribution < -0.4 is 4.74 Å². The molecule has 152 valence electrons. The lowest BCUT2D eigenvalue weighted by atomic mass is 10.2. The highest BCUT2D eigenvalue weighted by atomic mass is 35.5. The van der Waals surface area contributed by atoms with Crippen LogP contribution in [0.1, 0.15) is 32.2 Å². The van der Waals surface area contributed by atoms with Gasteiger partial charge in [-0.1, -0.05) is 28.9 Å². The molecule has 2 aromatic carbocycles. The molecule has 0 saturated carbocycles. The number of ether oxygens (including phenoxy) is 1. The van der Waals surface area contributed by atoms with Crippen LogP contribution in [0, 0.1) is 6.92 Å². The number of amides is 1. The monoisotopic (exact) mass is 413 g/mol. The minimum Gasteiger partial charge on any atom is -0.481 e. The fourth-order valence-electron chi connectivity index (χ4n) is 2.87. The van der Waals surface area contributed by atoms with Gasteiger partial charge in [0.25, 0.3) is 5.91 Å². The highest BCUT2D eigenvalue weighted by Crippen LogP contribution is 2.20. The summed E-state index contributed by atoms with van der Waals surface area (Å²) in [7, 11) is 0. The Labute approximate surface area is 175 Å². The van der Waals surface area contributed by atoms with E-state index in [0.29, 0.717) is 22.5 Å². The summed E-state index contributed by atoms with van der Waals surface area (Å²) in [5, 5.41) is 4.65. The first-order valence-electron chi connectivity index (χ1n) is 9.46. The normalized spacial score (nSPS) is 12.1. The molecule has 0 saturated heterocycles. The van der Waals surface area contributed by atoms with Gasteiger partial charge in [-0.05, 0) is 69.7 Å². The molecule has 3 aromatic rings. The summed E-state index contributed by atoms with van der Waals surface area (Å²) in [6.07, 6.45) is -0.641. The minimum absolute atomic E-state index is 0.0584. The van der Waals surface area contributed by atoms with Crippen molar-refractivity contribution >= 4 is 17.5 Å². The third-order valence-corrected chi connectivity index (χ3v) is 4.68. The molecule has 1 unspecified atom stereocenters.